The van der Waals surface area contributed by atoms with Gasteiger partial charge in [0.25, 0.3) is 0 Å². The molecule has 2 fully saturated rings. The van der Waals surface area contributed by atoms with Crippen LogP contribution < -0.4 is 5.32 Å². The lowest BCUT2D eigenvalue weighted by Crippen LogP contribution is -2.43. The standard InChI is InChI=1S/C16H21FN2O2/c1-15(2,21-3)10-19-13(11-4-6-12(17)7-5-11)18-16(8-9-16)14(19)20/h4-7,13,18H,8-10H2,1-3H3. The van der Waals surface area contributed by atoms with Gasteiger partial charge in [-0.3, -0.25) is 10.1 Å². The van der Waals surface area contributed by atoms with Crippen molar-refractivity contribution in [2.75, 3.05) is 13.7 Å². The zero-order valence-corrected chi connectivity index (χ0v) is 12.6. The molecule has 1 aromatic carbocycles. The molecule has 3 rings (SSSR count). The van der Waals surface area contributed by atoms with Crippen LogP contribution in [0.1, 0.15) is 38.4 Å². The Labute approximate surface area is 124 Å². The first kappa shape index (κ1) is 14.5. The molecule has 1 saturated carbocycles. The Morgan fingerprint density at radius 1 is 1.38 bits per heavy atom. The molecule has 1 amide bonds. The number of rotatable bonds is 4. The molecule has 1 aromatic rings. The highest BCUT2D eigenvalue weighted by atomic mass is 19.1. The predicted octanol–water partition coefficient (Wildman–Crippen LogP) is 2.21. The van der Waals surface area contributed by atoms with Crippen LogP contribution in [-0.2, 0) is 9.53 Å². The third-order valence-corrected chi connectivity index (χ3v) is 4.43. The lowest BCUT2D eigenvalue weighted by molar-refractivity contribution is -0.134. The summed E-state index contributed by atoms with van der Waals surface area (Å²) in [5.74, 6) is -0.144. The van der Waals surface area contributed by atoms with E-state index in [0.717, 1.165) is 18.4 Å². The van der Waals surface area contributed by atoms with E-state index in [1.165, 1.54) is 12.1 Å². The Hall–Kier alpha value is -1.46. The maximum atomic E-state index is 13.1. The van der Waals surface area contributed by atoms with Crippen LogP contribution in [0.15, 0.2) is 24.3 Å². The summed E-state index contributed by atoms with van der Waals surface area (Å²) in [5, 5.41) is 3.42. The SMILES string of the molecule is COC(C)(C)CN1C(=O)C2(CC2)NC1c1ccc(F)cc1. The molecule has 0 aromatic heterocycles. The van der Waals surface area contributed by atoms with Gasteiger partial charge in [-0.15, -0.1) is 0 Å². The number of nitrogens with one attached hydrogen (secondary N) is 1. The van der Waals surface area contributed by atoms with Gasteiger partial charge in [0.15, 0.2) is 0 Å². The summed E-state index contributed by atoms with van der Waals surface area (Å²) in [6, 6.07) is 6.32. The molecule has 1 saturated heterocycles. The molecule has 4 nitrogen and oxygen atoms in total. The van der Waals surface area contributed by atoms with Crippen LogP contribution in [0, 0.1) is 5.82 Å². The molecule has 1 heterocycles. The van der Waals surface area contributed by atoms with Crippen molar-refractivity contribution in [2.24, 2.45) is 0 Å². The van der Waals surface area contributed by atoms with Gasteiger partial charge in [0.05, 0.1) is 12.1 Å². The number of carbonyl (C=O) groups is 1. The van der Waals surface area contributed by atoms with Crippen LogP contribution in [0.4, 0.5) is 4.39 Å². The van der Waals surface area contributed by atoms with Crippen LogP contribution >= 0.6 is 0 Å². The van der Waals surface area contributed by atoms with E-state index in [2.05, 4.69) is 5.32 Å². The molecule has 2 aliphatic rings. The monoisotopic (exact) mass is 292 g/mol. The van der Waals surface area contributed by atoms with E-state index in [9.17, 15) is 9.18 Å². The normalized spacial score (nSPS) is 23.9. The Bertz CT molecular complexity index is 552. The summed E-state index contributed by atoms with van der Waals surface area (Å²) in [6.45, 7) is 4.42. The first-order chi connectivity index (χ1) is 9.87. The molecule has 1 N–H and O–H groups in total. The van der Waals surface area contributed by atoms with Crippen molar-refractivity contribution in [1.29, 1.82) is 0 Å². The lowest BCUT2D eigenvalue weighted by atomic mass is 10.1. The summed E-state index contributed by atoms with van der Waals surface area (Å²) >= 11 is 0. The second kappa shape index (κ2) is 4.78. The Kier molecular flexibility index (Phi) is 3.30. The summed E-state index contributed by atoms with van der Waals surface area (Å²) in [7, 11) is 1.65. The minimum atomic E-state index is -0.421. The van der Waals surface area contributed by atoms with Crippen molar-refractivity contribution in [3.05, 3.63) is 35.6 Å². The predicted molar refractivity (Wildman–Crippen MR) is 77.0 cm³/mol. The van der Waals surface area contributed by atoms with Gasteiger partial charge < -0.3 is 9.64 Å². The van der Waals surface area contributed by atoms with Crippen LogP contribution in [0.25, 0.3) is 0 Å². The first-order valence-electron chi connectivity index (χ1n) is 7.26. The van der Waals surface area contributed by atoms with Crippen molar-refractivity contribution in [3.8, 4) is 0 Å². The third kappa shape index (κ3) is 2.56. The number of hydrogen-bond acceptors (Lipinski definition) is 3. The number of benzene rings is 1. The van der Waals surface area contributed by atoms with Crippen molar-refractivity contribution in [2.45, 2.75) is 44.0 Å². The molecular formula is C16H21FN2O2. The molecule has 0 radical (unpaired) electrons. The molecular weight excluding hydrogens is 271 g/mol. The highest BCUT2D eigenvalue weighted by Crippen LogP contribution is 2.46. The molecule has 1 atom stereocenters. The van der Waals surface area contributed by atoms with Gasteiger partial charge in [0.2, 0.25) is 5.91 Å². The van der Waals surface area contributed by atoms with Crippen LogP contribution in [0.2, 0.25) is 0 Å². The second-order valence-electron chi connectivity index (χ2n) is 6.58. The fraction of sp³-hybridized carbons (Fsp3) is 0.562. The van der Waals surface area contributed by atoms with E-state index in [4.69, 9.17) is 4.74 Å². The van der Waals surface area contributed by atoms with E-state index in [1.807, 2.05) is 18.7 Å². The number of halogens is 1. The first-order valence-corrected chi connectivity index (χ1v) is 7.26. The fourth-order valence-electron chi connectivity index (χ4n) is 2.82. The van der Waals surface area contributed by atoms with Gasteiger partial charge in [-0.1, -0.05) is 12.1 Å². The molecule has 114 valence electrons. The summed E-state index contributed by atoms with van der Waals surface area (Å²) < 4.78 is 18.6. The van der Waals surface area contributed by atoms with Gasteiger partial charge >= 0.3 is 0 Å². The Morgan fingerprint density at radius 2 is 2.00 bits per heavy atom. The van der Waals surface area contributed by atoms with E-state index >= 15 is 0 Å². The zero-order valence-electron chi connectivity index (χ0n) is 12.6. The maximum Gasteiger partial charge on any atom is 0.244 e. The highest BCUT2D eigenvalue weighted by Gasteiger charge is 2.59. The molecule has 5 heteroatoms. The quantitative estimate of drug-likeness (QED) is 0.925. The summed E-state index contributed by atoms with van der Waals surface area (Å²) in [4.78, 5) is 14.5. The van der Waals surface area contributed by atoms with Crippen LogP contribution in [0.3, 0.4) is 0 Å². The number of methoxy groups -OCH3 is 1. The van der Waals surface area contributed by atoms with Gasteiger partial charge in [-0.25, -0.2) is 4.39 Å². The molecule has 1 aliphatic heterocycles. The van der Waals surface area contributed by atoms with Crippen molar-refractivity contribution in [1.82, 2.24) is 10.2 Å². The maximum absolute atomic E-state index is 13.1. The van der Waals surface area contributed by atoms with E-state index in [0.29, 0.717) is 6.54 Å². The third-order valence-electron chi connectivity index (χ3n) is 4.43. The minimum absolute atomic E-state index is 0.127. The Balaban J connectivity index is 1.89. The number of ether oxygens (including phenoxy) is 1. The fourth-order valence-corrected chi connectivity index (χ4v) is 2.82. The van der Waals surface area contributed by atoms with Gasteiger partial charge in [0.1, 0.15) is 17.5 Å². The minimum Gasteiger partial charge on any atom is -0.377 e. The van der Waals surface area contributed by atoms with Crippen molar-refractivity contribution in [3.63, 3.8) is 0 Å². The molecule has 1 aliphatic carbocycles. The van der Waals surface area contributed by atoms with Crippen molar-refractivity contribution >= 4 is 5.91 Å². The summed E-state index contributed by atoms with van der Waals surface area (Å²) in [6.07, 6.45) is 1.52. The highest BCUT2D eigenvalue weighted by molar-refractivity contribution is 5.92. The van der Waals surface area contributed by atoms with Gasteiger partial charge in [0, 0.05) is 7.11 Å². The average Bonchev–Trinajstić information content (AvgIpc) is 3.19. The van der Waals surface area contributed by atoms with E-state index in [-0.39, 0.29) is 17.9 Å². The van der Waals surface area contributed by atoms with Crippen LogP contribution in [-0.4, -0.2) is 35.6 Å². The van der Waals surface area contributed by atoms with Gasteiger partial charge in [-0.2, -0.15) is 0 Å². The largest absolute Gasteiger partial charge is 0.377 e. The van der Waals surface area contributed by atoms with E-state index in [1.54, 1.807) is 19.2 Å². The van der Waals surface area contributed by atoms with E-state index < -0.39 is 11.1 Å². The van der Waals surface area contributed by atoms with Crippen LogP contribution in [0.5, 0.6) is 0 Å². The smallest absolute Gasteiger partial charge is 0.244 e. The topological polar surface area (TPSA) is 41.6 Å². The number of carbonyl (C=O) groups excluding carboxylic acids is 1. The lowest BCUT2D eigenvalue weighted by Gasteiger charge is -2.32. The molecule has 1 unspecified atom stereocenters. The summed E-state index contributed by atoms with van der Waals surface area (Å²) in [5.41, 5.74) is 0.0827. The van der Waals surface area contributed by atoms with Gasteiger partial charge in [-0.05, 0) is 44.4 Å². The Morgan fingerprint density at radius 3 is 2.52 bits per heavy atom. The number of hydrogen-bond donors (Lipinski definition) is 1. The molecule has 0 bridgehead atoms. The number of nitrogens with zero attached hydrogens (tertiary/aromatic N) is 1. The zero-order chi connectivity index (χ0) is 15.3. The average molecular weight is 292 g/mol. The molecule has 21 heavy (non-hydrogen) atoms. The molecule has 1 spiro atoms. The number of amides is 1. The van der Waals surface area contributed by atoms with Crippen molar-refractivity contribution < 1.29 is 13.9 Å². The second-order valence-corrected chi connectivity index (χ2v) is 6.58.